The van der Waals surface area contributed by atoms with Gasteiger partial charge < -0.3 is 9.42 Å². The van der Waals surface area contributed by atoms with Crippen molar-refractivity contribution in [3.8, 4) is 11.5 Å². The number of benzene rings is 1. The maximum Gasteiger partial charge on any atom is 0.233 e. The molecule has 7 heteroatoms. The summed E-state index contributed by atoms with van der Waals surface area (Å²) in [6.07, 6.45) is 2.23. The van der Waals surface area contributed by atoms with E-state index in [0.717, 1.165) is 5.75 Å². The standard InChI is InChI=1S/C19H18N4O2S/c24-17(9-11-26-15-6-2-1-3-7-15)23-12-14(13-23)19-21-18(22-25-19)16-8-4-5-10-20-16/h1-8,10,14H,9,11-13H2. The number of hydrogen-bond donors (Lipinski definition) is 0. The number of amides is 1. The maximum atomic E-state index is 12.3. The predicted octanol–water partition coefficient (Wildman–Crippen LogP) is 3.24. The van der Waals surface area contributed by atoms with Crippen molar-refractivity contribution in [2.24, 2.45) is 0 Å². The number of thioether (sulfide) groups is 1. The molecule has 0 aliphatic carbocycles. The van der Waals surface area contributed by atoms with Crippen LogP contribution < -0.4 is 0 Å². The number of nitrogens with zero attached hydrogens (tertiary/aromatic N) is 4. The van der Waals surface area contributed by atoms with Gasteiger partial charge in [-0.15, -0.1) is 11.8 Å². The molecule has 3 heterocycles. The summed E-state index contributed by atoms with van der Waals surface area (Å²) in [5.41, 5.74) is 0.688. The Labute approximate surface area is 155 Å². The van der Waals surface area contributed by atoms with Crippen LogP contribution in [0.15, 0.2) is 64.1 Å². The molecule has 0 atom stereocenters. The second-order valence-electron chi connectivity index (χ2n) is 6.08. The predicted molar refractivity (Wildman–Crippen MR) is 98.6 cm³/mol. The Morgan fingerprint density at radius 1 is 1.15 bits per heavy atom. The highest BCUT2D eigenvalue weighted by Crippen LogP contribution is 2.28. The Balaban J connectivity index is 1.25. The molecule has 26 heavy (non-hydrogen) atoms. The highest BCUT2D eigenvalue weighted by atomic mass is 32.2. The Kier molecular flexibility index (Phi) is 4.97. The Morgan fingerprint density at radius 3 is 2.73 bits per heavy atom. The highest BCUT2D eigenvalue weighted by Gasteiger charge is 2.35. The molecule has 0 spiro atoms. The van der Waals surface area contributed by atoms with Gasteiger partial charge in [0.1, 0.15) is 5.69 Å². The summed E-state index contributed by atoms with van der Waals surface area (Å²) in [6, 6.07) is 15.7. The fourth-order valence-corrected chi connectivity index (χ4v) is 3.63. The van der Waals surface area contributed by atoms with Crippen molar-refractivity contribution in [2.45, 2.75) is 17.2 Å². The molecule has 1 aromatic carbocycles. The van der Waals surface area contributed by atoms with Crippen molar-refractivity contribution in [1.82, 2.24) is 20.0 Å². The monoisotopic (exact) mass is 366 g/mol. The van der Waals surface area contributed by atoms with E-state index in [4.69, 9.17) is 4.52 Å². The molecule has 3 aromatic rings. The van der Waals surface area contributed by atoms with Crippen LogP contribution in [-0.2, 0) is 4.79 Å². The third-order valence-corrected chi connectivity index (χ3v) is 5.26. The maximum absolute atomic E-state index is 12.3. The first-order chi connectivity index (χ1) is 12.8. The van der Waals surface area contributed by atoms with Gasteiger partial charge in [0.05, 0.1) is 5.92 Å². The van der Waals surface area contributed by atoms with Gasteiger partial charge in [-0.1, -0.05) is 29.4 Å². The fourth-order valence-electron chi connectivity index (χ4n) is 2.77. The van der Waals surface area contributed by atoms with E-state index >= 15 is 0 Å². The number of hydrogen-bond acceptors (Lipinski definition) is 6. The van der Waals surface area contributed by atoms with Crippen molar-refractivity contribution >= 4 is 17.7 Å². The van der Waals surface area contributed by atoms with E-state index in [1.807, 2.05) is 41.3 Å². The fraction of sp³-hybridized carbons (Fsp3) is 0.263. The molecule has 4 rings (SSSR count). The summed E-state index contributed by atoms with van der Waals surface area (Å²) in [7, 11) is 0. The first-order valence-corrected chi connectivity index (χ1v) is 9.49. The smallest absolute Gasteiger partial charge is 0.233 e. The second kappa shape index (κ2) is 7.70. The Bertz CT molecular complexity index is 864. The van der Waals surface area contributed by atoms with E-state index in [-0.39, 0.29) is 11.8 Å². The van der Waals surface area contributed by atoms with Gasteiger partial charge in [0.25, 0.3) is 0 Å². The van der Waals surface area contributed by atoms with Crippen LogP contribution in [0.25, 0.3) is 11.5 Å². The molecule has 0 bridgehead atoms. The van der Waals surface area contributed by atoms with Crippen LogP contribution in [0.2, 0.25) is 0 Å². The zero-order valence-electron chi connectivity index (χ0n) is 14.1. The minimum absolute atomic E-state index is 0.116. The molecule has 132 valence electrons. The molecule has 1 aliphatic rings. The topological polar surface area (TPSA) is 72.1 Å². The highest BCUT2D eigenvalue weighted by molar-refractivity contribution is 7.99. The van der Waals surface area contributed by atoms with Crippen molar-refractivity contribution < 1.29 is 9.32 Å². The van der Waals surface area contributed by atoms with Crippen molar-refractivity contribution in [3.05, 3.63) is 60.6 Å². The summed E-state index contributed by atoms with van der Waals surface area (Å²) in [6.45, 7) is 1.28. The Hall–Kier alpha value is -2.67. The quantitative estimate of drug-likeness (QED) is 0.624. The van der Waals surface area contributed by atoms with Crippen LogP contribution in [0.1, 0.15) is 18.2 Å². The normalized spacial score (nSPS) is 14.2. The minimum atomic E-state index is 0.116. The van der Waals surface area contributed by atoms with Gasteiger partial charge in [0.2, 0.25) is 17.6 Å². The molecule has 1 amide bonds. The lowest BCUT2D eigenvalue weighted by Gasteiger charge is -2.37. The van der Waals surface area contributed by atoms with Crippen molar-refractivity contribution in [2.75, 3.05) is 18.8 Å². The molecule has 0 unspecified atom stereocenters. The van der Waals surface area contributed by atoms with Gasteiger partial charge in [0.15, 0.2) is 0 Å². The molecule has 1 fully saturated rings. The van der Waals surface area contributed by atoms with Crippen molar-refractivity contribution in [1.29, 1.82) is 0 Å². The third-order valence-electron chi connectivity index (χ3n) is 4.25. The third kappa shape index (κ3) is 3.77. The Morgan fingerprint density at radius 2 is 1.96 bits per heavy atom. The summed E-state index contributed by atoms with van der Waals surface area (Å²) < 4.78 is 5.35. The zero-order chi connectivity index (χ0) is 17.8. The van der Waals surface area contributed by atoms with E-state index in [2.05, 4.69) is 27.3 Å². The van der Waals surface area contributed by atoms with E-state index in [1.54, 1.807) is 18.0 Å². The molecule has 0 N–H and O–H groups in total. The zero-order valence-corrected chi connectivity index (χ0v) is 14.9. The van der Waals surface area contributed by atoms with E-state index in [1.165, 1.54) is 4.90 Å². The number of carbonyl (C=O) groups excluding carboxylic acids is 1. The molecule has 6 nitrogen and oxygen atoms in total. The summed E-state index contributed by atoms with van der Waals surface area (Å²) >= 11 is 1.70. The molecule has 0 radical (unpaired) electrons. The SMILES string of the molecule is O=C(CCSc1ccccc1)N1CC(c2nc(-c3ccccn3)no2)C1. The minimum Gasteiger partial charge on any atom is -0.341 e. The van der Waals surface area contributed by atoms with Gasteiger partial charge >= 0.3 is 0 Å². The van der Waals surface area contributed by atoms with Gasteiger partial charge in [-0.3, -0.25) is 9.78 Å². The molecule has 2 aromatic heterocycles. The largest absolute Gasteiger partial charge is 0.341 e. The van der Waals surface area contributed by atoms with E-state index in [9.17, 15) is 4.79 Å². The van der Waals surface area contributed by atoms with Crippen LogP contribution in [0.4, 0.5) is 0 Å². The van der Waals surface area contributed by atoms with Crippen LogP contribution in [0.5, 0.6) is 0 Å². The first kappa shape index (κ1) is 16.8. The van der Waals surface area contributed by atoms with Gasteiger partial charge in [-0.05, 0) is 24.3 Å². The lowest BCUT2D eigenvalue weighted by atomic mass is 10.00. The van der Waals surface area contributed by atoms with Crippen LogP contribution in [0, 0.1) is 0 Å². The van der Waals surface area contributed by atoms with Gasteiger partial charge in [-0.25, -0.2) is 0 Å². The molecular weight excluding hydrogens is 348 g/mol. The average molecular weight is 366 g/mol. The number of pyridine rings is 1. The summed E-state index contributed by atoms with van der Waals surface area (Å²) in [5, 5.41) is 3.99. The molecule has 1 aliphatic heterocycles. The lowest BCUT2D eigenvalue weighted by molar-refractivity contribution is -0.135. The van der Waals surface area contributed by atoms with E-state index in [0.29, 0.717) is 36.9 Å². The summed E-state index contributed by atoms with van der Waals surface area (Å²) in [4.78, 5) is 23.9. The lowest BCUT2D eigenvalue weighted by Crippen LogP contribution is -2.48. The van der Waals surface area contributed by atoms with Crippen LogP contribution in [0.3, 0.4) is 0 Å². The molecule has 0 saturated carbocycles. The van der Waals surface area contributed by atoms with Gasteiger partial charge in [-0.2, -0.15) is 4.98 Å². The molecular formula is C19H18N4O2S. The number of rotatable bonds is 6. The van der Waals surface area contributed by atoms with Gasteiger partial charge in [0, 0.05) is 36.4 Å². The van der Waals surface area contributed by atoms with E-state index < -0.39 is 0 Å². The van der Waals surface area contributed by atoms with Crippen molar-refractivity contribution in [3.63, 3.8) is 0 Å². The average Bonchev–Trinajstić information content (AvgIpc) is 3.12. The first-order valence-electron chi connectivity index (χ1n) is 8.50. The number of likely N-dealkylation sites (tertiary alicyclic amines) is 1. The number of carbonyl (C=O) groups is 1. The van der Waals surface area contributed by atoms with Crippen LogP contribution in [-0.4, -0.2) is 44.8 Å². The molecule has 1 saturated heterocycles. The second-order valence-corrected chi connectivity index (χ2v) is 7.25. The van der Waals surface area contributed by atoms with Crippen LogP contribution >= 0.6 is 11.8 Å². The summed E-state index contributed by atoms with van der Waals surface area (Å²) in [5.74, 6) is 2.15. The number of aromatic nitrogens is 3.